The summed E-state index contributed by atoms with van der Waals surface area (Å²) < 4.78 is 2.12. The van der Waals surface area contributed by atoms with Crippen molar-refractivity contribution in [3.05, 3.63) is 0 Å². The van der Waals surface area contributed by atoms with E-state index >= 15 is 0 Å². The Morgan fingerprint density at radius 3 is 1.33 bits per heavy atom. The van der Waals surface area contributed by atoms with E-state index in [1.165, 1.54) is 0 Å². The molecule has 0 aliphatic carbocycles. The molecule has 0 heterocycles. The van der Waals surface area contributed by atoms with Gasteiger partial charge in [0.05, 0.1) is 0 Å². The molecule has 0 fully saturated rings. The number of hydrogen-bond acceptors (Lipinski definition) is 1. The Labute approximate surface area is 93.1 Å². The van der Waals surface area contributed by atoms with Crippen LogP contribution in [-0.2, 0) is 28.9 Å². The molecule has 72 valence electrons. The fourth-order valence-corrected chi connectivity index (χ4v) is 4.90. The molecule has 0 aromatic carbocycles. The molecular formula is C6H17O2PS2Zn. The molecule has 0 bridgehead atoms. The van der Waals surface area contributed by atoms with Crippen LogP contribution in [0, 0.1) is 0 Å². The second-order valence-corrected chi connectivity index (χ2v) is 16.4. The molecule has 2 nitrogen and oxygen atoms in total. The van der Waals surface area contributed by atoms with Gasteiger partial charge in [-0.15, -0.1) is 0 Å². The van der Waals surface area contributed by atoms with Gasteiger partial charge in [-0.05, 0) is 11.8 Å². The SMILES string of the molecule is C[CH](C)[Zn][CH](C)C.OP(O)(=S)S. The monoisotopic (exact) mass is 280 g/mol. The summed E-state index contributed by atoms with van der Waals surface area (Å²) in [6, 6.07) is 0. The van der Waals surface area contributed by atoms with Crippen LogP contribution < -0.4 is 0 Å². The average Bonchev–Trinajstić information content (AvgIpc) is 1.52. The predicted molar refractivity (Wildman–Crippen MR) is 57.9 cm³/mol. The second kappa shape index (κ2) is 7.90. The maximum atomic E-state index is 7.87. The molecule has 0 radical (unpaired) electrons. The molecule has 0 saturated heterocycles. The summed E-state index contributed by atoms with van der Waals surface area (Å²) in [6.07, 6.45) is 0. The fraction of sp³-hybridized carbons (Fsp3) is 1.00. The Bertz CT molecular complexity index is 132. The normalized spacial score (nSPS) is 10.8. The van der Waals surface area contributed by atoms with Crippen LogP contribution in [0.25, 0.3) is 0 Å². The topological polar surface area (TPSA) is 40.5 Å². The van der Waals surface area contributed by atoms with Gasteiger partial charge in [0.2, 0.25) is 5.69 Å². The first kappa shape index (κ1) is 16.0. The van der Waals surface area contributed by atoms with Crippen molar-refractivity contribution in [2.45, 2.75) is 36.7 Å². The van der Waals surface area contributed by atoms with Gasteiger partial charge in [-0.2, -0.15) is 0 Å². The minimum Gasteiger partial charge on any atom is -0.338 e. The quantitative estimate of drug-likeness (QED) is 0.414. The van der Waals surface area contributed by atoms with E-state index in [1.807, 2.05) is 0 Å². The molecule has 2 N–H and O–H groups in total. The zero-order valence-corrected chi connectivity index (χ0v) is 13.6. The standard InChI is InChI=1S/2C3H7.H3O2PS2.Zn/c2*1-3-2;1-3(2,4)5;/h2*3H,1-2H3;(H3,1,2,4,5);. The number of hydrogen-bond donors (Lipinski definition) is 3. The summed E-state index contributed by atoms with van der Waals surface area (Å²) in [5, 5.41) is 0. The molecule has 0 aliphatic heterocycles. The zero-order valence-electron chi connectivity index (χ0n) is 8.06. The minimum atomic E-state index is -3.11. The third-order valence-electron chi connectivity index (χ3n) is 0.943. The van der Waals surface area contributed by atoms with E-state index in [2.05, 4.69) is 51.8 Å². The van der Waals surface area contributed by atoms with Crippen LogP contribution in [-0.4, -0.2) is 9.79 Å². The van der Waals surface area contributed by atoms with Gasteiger partial charge in [0.15, 0.2) is 0 Å². The smallest absolute Gasteiger partial charge is 0.239 e. The largest absolute Gasteiger partial charge is 0.338 e. The third-order valence-corrected chi connectivity index (χ3v) is 4.90. The van der Waals surface area contributed by atoms with Crippen molar-refractivity contribution in [3.63, 3.8) is 0 Å². The van der Waals surface area contributed by atoms with Crippen LogP contribution >= 0.6 is 17.9 Å². The van der Waals surface area contributed by atoms with E-state index < -0.39 is 5.69 Å². The van der Waals surface area contributed by atoms with Gasteiger partial charge in [-0.3, -0.25) is 0 Å². The van der Waals surface area contributed by atoms with Crippen molar-refractivity contribution >= 4 is 29.7 Å². The van der Waals surface area contributed by atoms with Crippen molar-refractivity contribution in [1.29, 1.82) is 0 Å². The van der Waals surface area contributed by atoms with Crippen molar-refractivity contribution in [2.24, 2.45) is 0 Å². The molecule has 0 spiro atoms. The van der Waals surface area contributed by atoms with Gasteiger partial charge in [0, 0.05) is 0 Å². The molecule has 0 saturated carbocycles. The van der Waals surface area contributed by atoms with Crippen molar-refractivity contribution < 1.29 is 26.9 Å². The molecule has 0 atom stereocenters. The molecule has 0 rings (SSSR count). The summed E-state index contributed by atoms with van der Waals surface area (Å²) in [5.74, 6) is 0. The van der Waals surface area contributed by atoms with E-state index in [-0.39, 0.29) is 17.1 Å². The summed E-state index contributed by atoms with van der Waals surface area (Å²) in [4.78, 5) is 15.7. The summed E-state index contributed by atoms with van der Waals surface area (Å²) in [6.45, 7) is 9.39. The molecule has 6 heteroatoms. The summed E-state index contributed by atoms with van der Waals surface area (Å²) in [5.41, 5.74) is -3.11. The van der Waals surface area contributed by atoms with Crippen molar-refractivity contribution in [2.75, 3.05) is 0 Å². The van der Waals surface area contributed by atoms with Gasteiger partial charge in [-0.1, -0.05) is 12.2 Å². The Hall–Kier alpha value is 1.54. The Balaban J connectivity index is 0. The first-order valence-corrected chi connectivity index (χ1v) is 11.2. The summed E-state index contributed by atoms with van der Waals surface area (Å²) in [7, 11) is 0. The van der Waals surface area contributed by atoms with Crippen LogP contribution in [0.1, 0.15) is 27.7 Å². The van der Waals surface area contributed by atoms with E-state index in [0.717, 1.165) is 9.02 Å². The molecule has 0 aromatic heterocycles. The first-order valence-electron chi connectivity index (χ1n) is 3.91. The molecule has 0 aromatic rings. The van der Waals surface area contributed by atoms with E-state index in [4.69, 9.17) is 9.79 Å². The molecule has 0 aliphatic rings. The van der Waals surface area contributed by atoms with Crippen molar-refractivity contribution in [1.82, 2.24) is 0 Å². The third kappa shape index (κ3) is 41.8. The van der Waals surface area contributed by atoms with Gasteiger partial charge < -0.3 is 9.79 Å². The van der Waals surface area contributed by atoms with Crippen LogP contribution in [0.4, 0.5) is 0 Å². The van der Waals surface area contributed by atoms with Crippen LogP contribution in [0.3, 0.4) is 0 Å². The van der Waals surface area contributed by atoms with Gasteiger partial charge in [0.1, 0.15) is 0 Å². The van der Waals surface area contributed by atoms with E-state index in [1.54, 1.807) is 0 Å². The Morgan fingerprint density at radius 1 is 1.17 bits per heavy atom. The van der Waals surface area contributed by atoms with Crippen LogP contribution in [0.5, 0.6) is 0 Å². The molecule has 0 amide bonds. The van der Waals surface area contributed by atoms with Crippen molar-refractivity contribution in [3.8, 4) is 0 Å². The van der Waals surface area contributed by atoms with Crippen LogP contribution in [0.2, 0.25) is 9.02 Å². The van der Waals surface area contributed by atoms with Gasteiger partial charge in [-0.25, -0.2) is 0 Å². The molecule has 12 heavy (non-hydrogen) atoms. The Kier molecular flexibility index (Phi) is 10.5. The Morgan fingerprint density at radius 2 is 1.33 bits per heavy atom. The number of thiol groups is 1. The molecule has 0 unspecified atom stereocenters. The van der Waals surface area contributed by atoms with Crippen LogP contribution in [0.15, 0.2) is 0 Å². The van der Waals surface area contributed by atoms with Gasteiger partial charge in [0.25, 0.3) is 0 Å². The van der Waals surface area contributed by atoms with Gasteiger partial charge >= 0.3 is 53.8 Å². The maximum absolute atomic E-state index is 7.87. The molecular weight excluding hydrogens is 265 g/mol. The fourth-order valence-electron chi connectivity index (χ4n) is 0.943. The minimum absolute atomic E-state index is 0.0972. The van der Waals surface area contributed by atoms with E-state index in [0.29, 0.717) is 0 Å². The number of rotatable bonds is 2. The summed E-state index contributed by atoms with van der Waals surface area (Å²) >= 11 is 6.98. The van der Waals surface area contributed by atoms with E-state index in [9.17, 15) is 0 Å². The zero-order chi connectivity index (χ0) is 10.4. The first-order chi connectivity index (χ1) is 5.13. The maximum Gasteiger partial charge on any atom is 0.239 e. The second-order valence-electron chi connectivity index (χ2n) is 3.54. The predicted octanol–water partition coefficient (Wildman–Crippen LogP) is 2.85. The average molecular weight is 282 g/mol.